The highest BCUT2D eigenvalue weighted by atomic mass is 16.1. The van der Waals surface area contributed by atoms with Crippen LogP contribution in [0.3, 0.4) is 0 Å². The number of nitrogens with two attached hydrogens (primary N) is 1. The molecule has 0 saturated heterocycles. The third-order valence-electron chi connectivity index (χ3n) is 3.30. The van der Waals surface area contributed by atoms with Crippen LogP contribution in [0.5, 0.6) is 0 Å². The number of rotatable bonds is 4. The third kappa shape index (κ3) is 3.17. The van der Waals surface area contributed by atoms with Crippen LogP contribution in [0.25, 0.3) is 0 Å². The van der Waals surface area contributed by atoms with Gasteiger partial charge >= 0.3 is 0 Å². The van der Waals surface area contributed by atoms with Crippen LogP contribution in [0, 0.1) is 20.8 Å². The Morgan fingerprint density at radius 3 is 2.75 bits per heavy atom. The van der Waals surface area contributed by atoms with Crippen LogP contribution in [-0.2, 0) is 11.3 Å². The van der Waals surface area contributed by atoms with Gasteiger partial charge in [0.05, 0.1) is 5.69 Å². The number of anilines is 2. The van der Waals surface area contributed by atoms with Crippen LogP contribution in [0.4, 0.5) is 11.4 Å². The standard InChI is InChI=1S/C15H20N4O/c1-10-9-11(2)19(18-10)8-7-15(20)17-14-6-4-5-13(16)12(14)3/h4-6,9H,7-8,16H2,1-3H3,(H,17,20). The van der Waals surface area contributed by atoms with Crippen LogP contribution in [0.15, 0.2) is 24.3 Å². The Kier molecular flexibility index (Phi) is 4.08. The van der Waals surface area contributed by atoms with Gasteiger partial charge in [-0.3, -0.25) is 9.48 Å². The van der Waals surface area contributed by atoms with Crippen molar-refractivity contribution in [1.29, 1.82) is 0 Å². The molecule has 106 valence electrons. The molecule has 2 aromatic rings. The van der Waals surface area contributed by atoms with Gasteiger partial charge in [0, 0.05) is 30.0 Å². The predicted octanol–water partition coefficient (Wildman–Crippen LogP) is 2.42. The lowest BCUT2D eigenvalue weighted by molar-refractivity contribution is -0.116. The fourth-order valence-electron chi connectivity index (χ4n) is 2.11. The normalized spacial score (nSPS) is 10.6. The molecule has 0 radical (unpaired) electrons. The number of nitrogen functional groups attached to an aromatic ring is 1. The maximum Gasteiger partial charge on any atom is 0.226 e. The second-order valence-electron chi connectivity index (χ2n) is 4.97. The first-order valence-corrected chi connectivity index (χ1v) is 6.63. The zero-order valence-electron chi connectivity index (χ0n) is 12.1. The summed E-state index contributed by atoms with van der Waals surface area (Å²) in [7, 11) is 0. The number of benzene rings is 1. The van der Waals surface area contributed by atoms with Crippen LogP contribution >= 0.6 is 0 Å². The first-order valence-electron chi connectivity index (χ1n) is 6.63. The second-order valence-corrected chi connectivity index (χ2v) is 4.97. The quantitative estimate of drug-likeness (QED) is 0.839. The largest absolute Gasteiger partial charge is 0.398 e. The smallest absolute Gasteiger partial charge is 0.226 e. The van der Waals surface area contributed by atoms with Gasteiger partial charge < -0.3 is 11.1 Å². The highest BCUT2D eigenvalue weighted by Gasteiger charge is 2.08. The number of carbonyl (C=O) groups excluding carboxylic acids is 1. The minimum absolute atomic E-state index is 0.0359. The number of hydrogen-bond donors (Lipinski definition) is 2. The van der Waals surface area contributed by atoms with E-state index < -0.39 is 0 Å². The van der Waals surface area contributed by atoms with E-state index in [1.165, 1.54) is 0 Å². The van der Waals surface area contributed by atoms with E-state index >= 15 is 0 Å². The Morgan fingerprint density at radius 2 is 2.10 bits per heavy atom. The molecule has 0 atom stereocenters. The van der Waals surface area contributed by atoms with E-state index in [-0.39, 0.29) is 5.91 Å². The fourth-order valence-corrected chi connectivity index (χ4v) is 2.11. The summed E-state index contributed by atoms with van der Waals surface area (Å²) in [5.74, 6) is -0.0359. The Hall–Kier alpha value is -2.30. The molecule has 0 fully saturated rings. The van der Waals surface area contributed by atoms with Crippen molar-refractivity contribution in [2.24, 2.45) is 0 Å². The summed E-state index contributed by atoms with van der Waals surface area (Å²) in [5, 5.41) is 7.23. The van der Waals surface area contributed by atoms with Crippen molar-refractivity contribution < 1.29 is 4.79 Å². The maximum absolute atomic E-state index is 12.0. The fraction of sp³-hybridized carbons (Fsp3) is 0.333. The zero-order valence-corrected chi connectivity index (χ0v) is 12.1. The summed E-state index contributed by atoms with van der Waals surface area (Å²) >= 11 is 0. The number of hydrogen-bond acceptors (Lipinski definition) is 3. The SMILES string of the molecule is Cc1cc(C)n(CCC(=O)Nc2cccc(N)c2C)n1. The summed E-state index contributed by atoms with van der Waals surface area (Å²) in [6.07, 6.45) is 0.385. The van der Waals surface area contributed by atoms with E-state index in [9.17, 15) is 4.79 Å². The molecule has 0 bridgehead atoms. The van der Waals surface area contributed by atoms with E-state index in [2.05, 4.69) is 10.4 Å². The monoisotopic (exact) mass is 272 g/mol. The van der Waals surface area contributed by atoms with Gasteiger partial charge in [-0.1, -0.05) is 6.07 Å². The van der Waals surface area contributed by atoms with Gasteiger partial charge in [-0.15, -0.1) is 0 Å². The summed E-state index contributed by atoms with van der Waals surface area (Å²) in [6, 6.07) is 7.51. The van der Waals surface area contributed by atoms with Gasteiger partial charge in [0.15, 0.2) is 0 Å². The summed E-state index contributed by atoms with van der Waals surface area (Å²) < 4.78 is 1.85. The molecule has 0 aliphatic rings. The minimum atomic E-state index is -0.0359. The molecular formula is C15H20N4O. The molecule has 0 unspecified atom stereocenters. The second kappa shape index (κ2) is 5.77. The molecule has 1 aromatic carbocycles. The van der Waals surface area contributed by atoms with Gasteiger partial charge in [0.25, 0.3) is 0 Å². The lowest BCUT2D eigenvalue weighted by atomic mass is 10.1. The highest BCUT2D eigenvalue weighted by Crippen LogP contribution is 2.20. The number of aryl methyl sites for hydroxylation is 3. The van der Waals surface area contributed by atoms with Crippen LogP contribution in [-0.4, -0.2) is 15.7 Å². The topological polar surface area (TPSA) is 72.9 Å². The molecule has 0 saturated carbocycles. The van der Waals surface area contributed by atoms with Crippen LogP contribution < -0.4 is 11.1 Å². The third-order valence-corrected chi connectivity index (χ3v) is 3.30. The van der Waals surface area contributed by atoms with E-state index in [0.717, 1.165) is 22.6 Å². The molecule has 0 aliphatic carbocycles. The Labute approximate surface area is 118 Å². The van der Waals surface area contributed by atoms with Crippen molar-refractivity contribution in [3.63, 3.8) is 0 Å². The Balaban J connectivity index is 1.96. The van der Waals surface area contributed by atoms with Crippen molar-refractivity contribution >= 4 is 17.3 Å². The minimum Gasteiger partial charge on any atom is -0.398 e. The number of amides is 1. The molecule has 3 N–H and O–H groups in total. The van der Waals surface area contributed by atoms with Crippen molar-refractivity contribution in [3.8, 4) is 0 Å². The van der Waals surface area contributed by atoms with Crippen LogP contribution in [0.1, 0.15) is 23.4 Å². The zero-order chi connectivity index (χ0) is 14.7. The lowest BCUT2D eigenvalue weighted by Crippen LogP contribution is -2.16. The Bertz CT molecular complexity index is 631. The number of aromatic nitrogens is 2. The van der Waals surface area contributed by atoms with E-state index in [1.54, 1.807) is 0 Å². The van der Waals surface area contributed by atoms with Crippen molar-refractivity contribution in [3.05, 3.63) is 41.2 Å². The number of nitrogens with one attached hydrogen (secondary N) is 1. The molecule has 1 aromatic heterocycles. The number of carbonyl (C=O) groups is 1. The van der Waals surface area contributed by atoms with E-state index in [4.69, 9.17) is 5.73 Å². The van der Waals surface area contributed by atoms with Gasteiger partial charge in [-0.2, -0.15) is 5.10 Å². The average molecular weight is 272 g/mol. The van der Waals surface area contributed by atoms with Gasteiger partial charge in [0.2, 0.25) is 5.91 Å². The first-order chi connectivity index (χ1) is 9.47. The summed E-state index contributed by atoms with van der Waals surface area (Å²) in [5.41, 5.74) is 10.2. The average Bonchev–Trinajstić information content (AvgIpc) is 2.71. The number of nitrogens with zero attached hydrogens (tertiary/aromatic N) is 2. The molecule has 1 amide bonds. The molecular weight excluding hydrogens is 252 g/mol. The summed E-state index contributed by atoms with van der Waals surface area (Å²) in [6.45, 7) is 6.40. The predicted molar refractivity (Wildman–Crippen MR) is 80.5 cm³/mol. The van der Waals surface area contributed by atoms with Gasteiger partial charge in [0.1, 0.15) is 0 Å². The van der Waals surface area contributed by atoms with Crippen molar-refractivity contribution in [1.82, 2.24) is 9.78 Å². The Morgan fingerprint density at radius 1 is 1.35 bits per heavy atom. The van der Waals surface area contributed by atoms with Crippen molar-refractivity contribution in [2.45, 2.75) is 33.7 Å². The molecule has 0 aliphatic heterocycles. The lowest BCUT2D eigenvalue weighted by Gasteiger charge is -2.10. The summed E-state index contributed by atoms with van der Waals surface area (Å²) in [4.78, 5) is 12.0. The van der Waals surface area contributed by atoms with Crippen molar-refractivity contribution in [2.75, 3.05) is 11.1 Å². The molecule has 0 spiro atoms. The van der Waals surface area contributed by atoms with Gasteiger partial charge in [-0.05, 0) is 44.5 Å². The molecule has 20 heavy (non-hydrogen) atoms. The molecule has 5 heteroatoms. The van der Waals surface area contributed by atoms with Crippen LogP contribution in [0.2, 0.25) is 0 Å². The molecule has 2 rings (SSSR count). The van der Waals surface area contributed by atoms with E-state index in [1.807, 2.05) is 49.7 Å². The van der Waals surface area contributed by atoms with Gasteiger partial charge in [-0.25, -0.2) is 0 Å². The molecule has 5 nitrogen and oxygen atoms in total. The molecule has 1 heterocycles. The highest BCUT2D eigenvalue weighted by molar-refractivity contribution is 5.92. The maximum atomic E-state index is 12.0. The van der Waals surface area contributed by atoms with E-state index in [0.29, 0.717) is 18.7 Å². The first kappa shape index (κ1) is 14.1.